The maximum absolute atomic E-state index is 13.6. The van der Waals surface area contributed by atoms with Gasteiger partial charge in [0, 0.05) is 18.7 Å². The SMILES string of the molecule is COc1ccc(OC)c(S(=O)(=O)Nc2cccc(S(=O)(=O)N3C[C@]4(C)C[C@H]3CC(C)(C)C4)c2)c1. The molecule has 1 saturated heterocycles. The van der Waals surface area contributed by atoms with Gasteiger partial charge in [-0.3, -0.25) is 4.72 Å². The summed E-state index contributed by atoms with van der Waals surface area (Å²) in [5.41, 5.74) is 0.177. The molecule has 186 valence electrons. The summed E-state index contributed by atoms with van der Waals surface area (Å²) in [5.74, 6) is 0.506. The standard InChI is InChI=1S/C24H32N2O6S2/c1-23(2)13-18-14-24(3,15-23)16-26(18)34(29,30)20-8-6-7-17(11-20)25-33(27,28)22-12-19(31-4)9-10-21(22)32-5/h6-12,18,25H,13-16H2,1-5H3/t18-,24-/m1/s1. The lowest BCUT2D eigenvalue weighted by Gasteiger charge is -2.39. The monoisotopic (exact) mass is 508 g/mol. The van der Waals surface area contributed by atoms with E-state index in [1.807, 2.05) is 0 Å². The Morgan fingerprint density at radius 1 is 0.971 bits per heavy atom. The summed E-state index contributed by atoms with van der Waals surface area (Å²) in [6.45, 7) is 7.01. The summed E-state index contributed by atoms with van der Waals surface area (Å²) < 4.78 is 67.9. The maximum atomic E-state index is 13.6. The van der Waals surface area contributed by atoms with Gasteiger partial charge in [-0.25, -0.2) is 16.8 Å². The zero-order chi connectivity index (χ0) is 24.9. The van der Waals surface area contributed by atoms with Crippen LogP contribution in [0.4, 0.5) is 5.69 Å². The number of anilines is 1. The summed E-state index contributed by atoms with van der Waals surface area (Å²) in [5, 5.41) is 0. The topological polar surface area (TPSA) is 102 Å². The van der Waals surface area contributed by atoms with E-state index in [2.05, 4.69) is 25.5 Å². The second-order valence-corrected chi connectivity index (χ2v) is 14.0. The van der Waals surface area contributed by atoms with Gasteiger partial charge in [-0.2, -0.15) is 4.31 Å². The van der Waals surface area contributed by atoms with Crippen LogP contribution in [0.1, 0.15) is 40.0 Å². The fraction of sp³-hybridized carbons (Fsp3) is 0.500. The summed E-state index contributed by atoms with van der Waals surface area (Å²) in [6.07, 6.45) is 2.63. The maximum Gasteiger partial charge on any atom is 0.265 e. The molecular weight excluding hydrogens is 476 g/mol. The zero-order valence-electron chi connectivity index (χ0n) is 20.2. The van der Waals surface area contributed by atoms with Crippen LogP contribution >= 0.6 is 0 Å². The van der Waals surface area contributed by atoms with Crippen LogP contribution in [0, 0.1) is 10.8 Å². The molecule has 0 amide bonds. The quantitative estimate of drug-likeness (QED) is 0.604. The van der Waals surface area contributed by atoms with Gasteiger partial charge in [0.1, 0.15) is 16.4 Å². The fourth-order valence-electron chi connectivity index (χ4n) is 5.75. The van der Waals surface area contributed by atoms with Crippen molar-refractivity contribution in [3.05, 3.63) is 42.5 Å². The lowest BCUT2D eigenvalue weighted by Crippen LogP contribution is -2.37. The highest BCUT2D eigenvalue weighted by atomic mass is 32.2. The van der Waals surface area contributed by atoms with Gasteiger partial charge in [-0.15, -0.1) is 0 Å². The number of methoxy groups -OCH3 is 2. The third-order valence-electron chi connectivity index (χ3n) is 6.72. The first-order chi connectivity index (χ1) is 15.8. The molecule has 2 aliphatic rings. The second kappa shape index (κ2) is 8.42. The first-order valence-corrected chi connectivity index (χ1v) is 14.1. The highest BCUT2D eigenvalue weighted by Crippen LogP contribution is 2.53. The Morgan fingerprint density at radius 2 is 1.71 bits per heavy atom. The Hall–Kier alpha value is -2.30. The van der Waals surface area contributed by atoms with Crippen molar-refractivity contribution < 1.29 is 26.3 Å². The van der Waals surface area contributed by atoms with Gasteiger partial charge in [0.05, 0.1) is 24.8 Å². The van der Waals surface area contributed by atoms with Gasteiger partial charge < -0.3 is 9.47 Å². The lowest BCUT2D eigenvalue weighted by molar-refractivity contribution is 0.133. The average molecular weight is 509 g/mol. The number of nitrogens with zero attached hydrogens (tertiary/aromatic N) is 1. The zero-order valence-corrected chi connectivity index (χ0v) is 21.8. The minimum absolute atomic E-state index is 0.0540. The van der Waals surface area contributed by atoms with Crippen LogP contribution in [0.5, 0.6) is 11.5 Å². The minimum atomic E-state index is -4.07. The predicted octanol–water partition coefficient (Wildman–Crippen LogP) is 4.09. The number of nitrogens with one attached hydrogen (secondary N) is 1. The first kappa shape index (κ1) is 24.8. The third kappa shape index (κ3) is 4.63. The van der Waals surface area contributed by atoms with Crippen LogP contribution < -0.4 is 14.2 Å². The number of ether oxygens (including phenoxy) is 2. The molecule has 2 fully saturated rings. The van der Waals surface area contributed by atoms with E-state index in [0.29, 0.717) is 12.3 Å². The number of fused-ring (bicyclic) bond motifs is 2. The molecule has 10 heteroatoms. The number of hydrogen-bond acceptors (Lipinski definition) is 6. The Balaban J connectivity index is 1.64. The van der Waals surface area contributed by atoms with Crippen LogP contribution in [0.15, 0.2) is 52.3 Å². The molecule has 0 radical (unpaired) electrons. The van der Waals surface area contributed by atoms with Crippen molar-refractivity contribution in [2.24, 2.45) is 10.8 Å². The molecule has 4 rings (SSSR count). The summed E-state index contributed by atoms with van der Waals surface area (Å²) >= 11 is 0. The van der Waals surface area contributed by atoms with E-state index in [4.69, 9.17) is 9.47 Å². The first-order valence-electron chi connectivity index (χ1n) is 11.2. The van der Waals surface area contributed by atoms with E-state index >= 15 is 0 Å². The molecular formula is C24H32N2O6S2. The van der Waals surface area contributed by atoms with E-state index < -0.39 is 20.0 Å². The summed E-state index contributed by atoms with van der Waals surface area (Å²) in [6, 6.07) is 10.3. The van der Waals surface area contributed by atoms with Crippen molar-refractivity contribution in [1.82, 2.24) is 4.31 Å². The highest BCUT2D eigenvalue weighted by molar-refractivity contribution is 7.92. The molecule has 1 aliphatic heterocycles. The molecule has 2 bridgehead atoms. The van der Waals surface area contributed by atoms with Gasteiger partial charge in [-0.1, -0.05) is 26.8 Å². The van der Waals surface area contributed by atoms with Gasteiger partial charge in [0.15, 0.2) is 0 Å². The van der Waals surface area contributed by atoms with Crippen LogP contribution in [0.2, 0.25) is 0 Å². The Morgan fingerprint density at radius 3 is 2.38 bits per heavy atom. The molecule has 1 N–H and O–H groups in total. The van der Waals surface area contributed by atoms with E-state index in [0.717, 1.165) is 19.3 Å². The fourth-order valence-corrected chi connectivity index (χ4v) is 8.80. The largest absolute Gasteiger partial charge is 0.497 e. The lowest BCUT2D eigenvalue weighted by atomic mass is 9.65. The average Bonchev–Trinajstić information content (AvgIpc) is 3.02. The Bertz CT molecular complexity index is 1310. The molecule has 8 nitrogen and oxygen atoms in total. The third-order valence-corrected chi connectivity index (χ3v) is 10.0. The molecule has 1 aliphatic carbocycles. The van der Waals surface area contributed by atoms with Gasteiger partial charge in [-0.05, 0) is 60.4 Å². The minimum Gasteiger partial charge on any atom is -0.497 e. The van der Waals surface area contributed by atoms with Crippen molar-refractivity contribution in [1.29, 1.82) is 0 Å². The highest BCUT2D eigenvalue weighted by Gasteiger charge is 2.53. The van der Waals surface area contributed by atoms with E-state index in [-0.39, 0.29) is 38.1 Å². The molecule has 34 heavy (non-hydrogen) atoms. The van der Waals surface area contributed by atoms with Crippen molar-refractivity contribution >= 4 is 25.7 Å². The summed E-state index contributed by atoms with van der Waals surface area (Å²) in [7, 11) is -5.05. The van der Waals surface area contributed by atoms with Crippen LogP contribution in [-0.2, 0) is 20.0 Å². The number of hydrogen-bond donors (Lipinski definition) is 1. The van der Waals surface area contributed by atoms with E-state index in [1.54, 1.807) is 16.4 Å². The molecule has 0 spiro atoms. The van der Waals surface area contributed by atoms with Crippen LogP contribution in [-0.4, -0.2) is 47.9 Å². The number of benzene rings is 2. The Kier molecular flexibility index (Phi) is 6.15. The van der Waals surface area contributed by atoms with Crippen LogP contribution in [0.3, 0.4) is 0 Å². The smallest absolute Gasteiger partial charge is 0.265 e. The summed E-state index contributed by atoms with van der Waals surface area (Å²) in [4.78, 5) is -0.0367. The van der Waals surface area contributed by atoms with Gasteiger partial charge in [0.2, 0.25) is 10.0 Å². The molecule has 1 saturated carbocycles. The van der Waals surface area contributed by atoms with E-state index in [1.165, 1.54) is 44.6 Å². The molecule has 0 unspecified atom stereocenters. The molecule has 1 heterocycles. The predicted molar refractivity (Wildman–Crippen MR) is 130 cm³/mol. The molecule has 2 aromatic carbocycles. The normalized spacial score (nSPS) is 24.6. The molecule has 2 aromatic rings. The van der Waals surface area contributed by atoms with Crippen molar-refractivity contribution in [2.45, 2.75) is 55.9 Å². The van der Waals surface area contributed by atoms with Crippen molar-refractivity contribution in [3.63, 3.8) is 0 Å². The van der Waals surface area contributed by atoms with Gasteiger partial charge >= 0.3 is 0 Å². The second-order valence-electron chi connectivity index (χ2n) is 10.4. The van der Waals surface area contributed by atoms with Crippen molar-refractivity contribution in [2.75, 3.05) is 25.5 Å². The Labute approximate surface area is 202 Å². The van der Waals surface area contributed by atoms with Gasteiger partial charge in [0.25, 0.3) is 10.0 Å². The van der Waals surface area contributed by atoms with Crippen molar-refractivity contribution in [3.8, 4) is 11.5 Å². The number of rotatable bonds is 7. The van der Waals surface area contributed by atoms with Crippen LogP contribution in [0.25, 0.3) is 0 Å². The van der Waals surface area contributed by atoms with E-state index in [9.17, 15) is 16.8 Å². The molecule has 0 aromatic heterocycles. The number of sulfonamides is 2. The molecule has 2 atom stereocenters.